The number of aromatic amines is 1. The Morgan fingerprint density at radius 3 is 3.12 bits per heavy atom. The average molecular weight is 337 g/mol. The molecule has 1 aliphatic heterocycles. The molecular weight excluding hydrogens is 321 g/mol. The van der Waals surface area contributed by atoms with Crippen LogP contribution >= 0.6 is 0 Å². The normalized spacial score (nSPS) is 15.0. The predicted octanol–water partition coefficient (Wildman–Crippen LogP) is 2.96. The summed E-state index contributed by atoms with van der Waals surface area (Å²) in [6, 6.07) is 3.17. The first-order valence-electron chi connectivity index (χ1n) is 8.30. The Bertz CT molecular complexity index is 1100. The number of aromatic nitrogens is 6. The second-order valence-corrected chi connectivity index (χ2v) is 6.31. The van der Waals surface area contributed by atoms with E-state index in [1.54, 1.807) is 12.4 Å². The molecule has 0 saturated heterocycles. The van der Waals surface area contributed by atoms with Gasteiger partial charge in [-0.2, -0.15) is 0 Å². The molecule has 0 amide bonds. The highest BCUT2D eigenvalue weighted by atomic mass is 19.1. The third kappa shape index (κ3) is 2.10. The SMILES string of the molecule is CC(Nc1ncnc2nc[nH]c12)c1nc2ccc(F)c3c2n1CCC3. The molecule has 3 aromatic heterocycles. The molecule has 0 spiro atoms. The lowest BCUT2D eigenvalue weighted by Crippen LogP contribution is -2.17. The number of aryl methyl sites for hydroxylation is 2. The van der Waals surface area contributed by atoms with Gasteiger partial charge in [-0.15, -0.1) is 0 Å². The predicted molar refractivity (Wildman–Crippen MR) is 91.7 cm³/mol. The highest BCUT2D eigenvalue weighted by Crippen LogP contribution is 2.31. The number of imidazole rings is 2. The molecule has 0 saturated carbocycles. The molecule has 1 aromatic carbocycles. The standard InChI is InChI=1S/C17H16FN7/c1-9(23-16-13-15(20-7-19-13)21-8-22-16)17-24-12-5-4-11(18)10-3-2-6-25(17)14(10)12/h4-5,7-9H,2-3,6H2,1H3,(H2,19,20,21,22,23). The van der Waals surface area contributed by atoms with Crippen molar-refractivity contribution >= 4 is 28.0 Å². The molecule has 1 aliphatic rings. The molecule has 126 valence electrons. The molecule has 5 rings (SSSR count). The zero-order chi connectivity index (χ0) is 17.0. The minimum absolute atomic E-state index is 0.0946. The van der Waals surface area contributed by atoms with Gasteiger partial charge >= 0.3 is 0 Å². The van der Waals surface area contributed by atoms with Crippen LogP contribution in [0.15, 0.2) is 24.8 Å². The molecular formula is C17H16FN7. The van der Waals surface area contributed by atoms with E-state index in [2.05, 4.69) is 29.8 Å². The molecule has 8 heteroatoms. The minimum Gasteiger partial charge on any atom is -0.358 e. The number of hydrogen-bond acceptors (Lipinski definition) is 5. The van der Waals surface area contributed by atoms with Gasteiger partial charge in [0, 0.05) is 12.1 Å². The third-order valence-corrected chi connectivity index (χ3v) is 4.76. The zero-order valence-corrected chi connectivity index (χ0v) is 13.6. The van der Waals surface area contributed by atoms with Crippen LogP contribution in [0.2, 0.25) is 0 Å². The second-order valence-electron chi connectivity index (χ2n) is 6.31. The fraction of sp³-hybridized carbons (Fsp3) is 0.294. The van der Waals surface area contributed by atoms with Crippen molar-refractivity contribution in [2.45, 2.75) is 32.4 Å². The highest BCUT2D eigenvalue weighted by Gasteiger charge is 2.24. The highest BCUT2D eigenvalue weighted by molar-refractivity contribution is 5.83. The summed E-state index contributed by atoms with van der Waals surface area (Å²) in [7, 11) is 0. The fourth-order valence-corrected chi connectivity index (χ4v) is 3.64. The molecule has 0 radical (unpaired) electrons. The van der Waals surface area contributed by atoms with Crippen molar-refractivity contribution in [3.05, 3.63) is 42.0 Å². The van der Waals surface area contributed by atoms with Crippen LogP contribution in [0.25, 0.3) is 22.2 Å². The van der Waals surface area contributed by atoms with Crippen molar-refractivity contribution < 1.29 is 4.39 Å². The Hall–Kier alpha value is -3.03. The van der Waals surface area contributed by atoms with E-state index in [4.69, 9.17) is 4.98 Å². The van der Waals surface area contributed by atoms with Crippen LogP contribution in [0.1, 0.15) is 30.8 Å². The van der Waals surface area contributed by atoms with Crippen LogP contribution < -0.4 is 5.32 Å². The van der Waals surface area contributed by atoms with E-state index in [1.807, 2.05) is 6.92 Å². The van der Waals surface area contributed by atoms with Gasteiger partial charge in [-0.05, 0) is 31.9 Å². The first kappa shape index (κ1) is 14.3. The number of nitrogens with one attached hydrogen (secondary N) is 2. The lowest BCUT2D eigenvalue weighted by molar-refractivity contribution is 0.555. The second kappa shape index (κ2) is 5.23. The largest absolute Gasteiger partial charge is 0.358 e. The van der Waals surface area contributed by atoms with E-state index in [1.165, 1.54) is 12.4 Å². The summed E-state index contributed by atoms with van der Waals surface area (Å²) in [5.74, 6) is 1.42. The summed E-state index contributed by atoms with van der Waals surface area (Å²) in [6.07, 6.45) is 4.75. The van der Waals surface area contributed by atoms with Crippen molar-refractivity contribution in [3.8, 4) is 0 Å². The van der Waals surface area contributed by atoms with Crippen LogP contribution in [-0.2, 0) is 13.0 Å². The van der Waals surface area contributed by atoms with Gasteiger partial charge in [-0.25, -0.2) is 24.3 Å². The molecule has 0 fully saturated rings. The van der Waals surface area contributed by atoms with E-state index in [0.29, 0.717) is 11.5 Å². The van der Waals surface area contributed by atoms with Gasteiger partial charge in [0.25, 0.3) is 0 Å². The van der Waals surface area contributed by atoms with Gasteiger partial charge in [0.15, 0.2) is 11.5 Å². The van der Waals surface area contributed by atoms with Crippen LogP contribution in [-0.4, -0.2) is 29.5 Å². The maximum absolute atomic E-state index is 14.1. The summed E-state index contributed by atoms with van der Waals surface area (Å²) in [6.45, 7) is 2.87. The van der Waals surface area contributed by atoms with Gasteiger partial charge in [-0.3, -0.25) is 0 Å². The molecule has 4 heterocycles. The monoisotopic (exact) mass is 337 g/mol. The summed E-state index contributed by atoms with van der Waals surface area (Å²) in [5.41, 5.74) is 3.91. The van der Waals surface area contributed by atoms with Gasteiger partial charge in [0.1, 0.15) is 23.5 Å². The van der Waals surface area contributed by atoms with Gasteiger partial charge in [-0.1, -0.05) is 0 Å². The van der Waals surface area contributed by atoms with Crippen molar-refractivity contribution in [1.82, 2.24) is 29.5 Å². The van der Waals surface area contributed by atoms with Gasteiger partial charge in [0.2, 0.25) is 0 Å². The molecule has 25 heavy (non-hydrogen) atoms. The maximum Gasteiger partial charge on any atom is 0.182 e. The molecule has 4 aromatic rings. The van der Waals surface area contributed by atoms with Crippen LogP contribution in [0.3, 0.4) is 0 Å². The molecule has 1 unspecified atom stereocenters. The Morgan fingerprint density at radius 1 is 1.28 bits per heavy atom. The summed E-state index contributed by atoms with van der Waals surface area (Å²) in [4.78, 5) is 20.4. The number of nitrogens with zero attached hydrogens (tertiary/aromatic N) is 5. The summed E-state index contributed by atoms with van der Waals surface area (Å²) in [5, 5.41) is 3.38. The van der Waals surface area contributed by atoms with E-state index < -0.39 is 0 Å². The van der Waals surface area contributed by atoms with Crippen LogP contribution in [0, 0.1) is 5.82 Å². The van der Waals surface area contributed by atoms with Crippen molar-refractivity contribution in [1.29, 1.82) is 0 Å². The zero-order valence-electron chi connectivity index (χ0n) is 13.6. The Balaban J connectivity index is 1.59. The van der Waals surface area contributed by atoms with Gasteiger partial charge < -0.3 is 14.9 Å². The summed E-state index contributed by atoms with van der Waals surface area (Å²) < 4.78 is 16.3. The smallest absolute Gasteiger partial charge is 0.182 e. The average Bonchev–Trinajstić information content (AvgIpc) is 3.24. The van der Waals surface area contributed by atoms with E-state index >= 15 is 0 Å². The number of H-pyrrole nitrogens is 1. The minimum atomic E-state index is -0.143. The fourth-order valence-electron chi connectivity index (χ4n) is 3.64. The van der Waals surface area contributed by atoms with E-state index in [0.717, 1.165) is 47.3 Å². The Kier molecular flexibility index (Phi) is 3.00. The number of fused-ring (bicyclic) bond motifs is 1. The molecule has 0 bridgehead atoms. The number of halogens is 1. The topological polar surface area (TPSA) is 84.3 Å². The lowest BCUT2D eigenvalue weighted by Gasteiger charge is -2.20. The Morgan fingerprint density at radius 2 is 2.20 bits per heavy atom. The number of anilines is 1. The van der Waals surface area contributed by atoms with Gasteiger partial charge in [0.05, 0.1) is 23.4 Å². The summed E-state index contributed by atoms with van der Waals surface area (Å²) >= 11 is 0. The molecule has 7 nitrogen and oxygen atoms in total. The van der Waals surface area contributed by atoms with Crippen molar-refractivity contribution in [3.63, 3.8) is 0 Å². The maximum atomic E-state index is 14.1. The van der Waals surface area contributed by atoms with E-state index in [9.17, 15) is 4.39 Å². The van der Waals surface area contributed by atoms with E-state index in [-0.39, 0.29) is 11.9 Å². The molecule has 2 N–H and O–H groups in total. The Labute approximate surface area is 142 Å². The molecule has 1 atom stereocenters. The lowest BCUT2D eigenvalue weighted by atomic mass is 10.0. The first-order valence-corrected chi connectivity index (χ1v) is 8.30. The number of hydrogen-bond donors (Lipinski definition) is 2. The van der Waals surface area contributed by atoms with Crippen LogP contribution in [0.5, 0.6) is 0 Å². The quantitative estimate of drug-likeness (QED) is 0.600. The first-order chi connectivity index (χ1) is 12.2. The number of benzene rings is 1. The third-order valence-electron chi connectivity index (χ3n) is 4.76. The number of rotatable bonds is 3. The van der Waals surface area contributed by atoms with Crippen molar-refractivity contribution in [2.75, 3.05) is 5.32 Å². The molecule has 0 aliphatic carbocycles. The van der Waals surface area contributed by atoms with Crippen molar-refractivity contribution in [2.24, 2.45) is 0 Å². The van der Waals surface area contributed by atoms with Crippen LogP contribution in [0.4, 0.5) is 10.2 Å².